The predicted octanol–water partition coefficient (Wildman–Crippen LogP) is 2.33. The van der Waals surface area contributed by atoms with Crippen LogP contribution in [0.3, 0.4) is 0 Å². The van der Waals surface area contributed by atoms with Crippen molar-refractivity contribution in [2.24, 2.45) is 10.2 Å². The highest BCUT2D eigenvalue weighted by Gasteiger charge is 2.17. The Morgan fingerprint density at radius 3 is 2.65 bits per heavy atom. The second-order valence-corrected chi connectivity index (χ2v) is 3.21. The van der Waals surface area contributed by atoms with Gasteiger partial charge in [-0.15, -0.1) is 0 Å². The number of hydrogen-bond acceptors (Lipinski definition) is 4. The zero-order valence-corrected chi connectivity index (χ0v) is 8.75. The average Bonchev–Trinajstić information content (AvgIpc) is 2.35. The molecular formula is C9H10N6O2. The molecule has 2 atom stereocenters. The van der Waals surface area contributed by atoms with Crippen LogP contribution in [0.1, 0.15) is 11.7 Å². The first-order valence-corrected chi connectivity index (χ1v) is 4.71. The summed E-state index contributed by atoms with van der Waals surface area (Å²) in [6.07, 6.45) is -2.40. The molecule has 0 aliphatic carbocycles. The van der Waals surface area contributed by atoms with Crippen LogP contribution in [0.4, 0.5) is 5.69 Å². The fraction of sp³-hybridized carbons (Fsp3) is 0.333. The minimum absolute atomic E-state index is 0.233. The monoisotopic (exact) mass is 234 g/mol. The second kappa shape index (κ2) is 6.37. The van der Waals surface area contributed by atoms with Gasteiger partial charge in [0.05, 0.1) is 12.6 Å². The van der Waals surface area contributed by atoms with E-state index in [1.54, 1.807) is 18.2 Å². The quantitative estimate of drug-likeness (QED) is 0.458. The summed E-state index contributed by atoms with van der Waals surface area (Å²) >= 11 is 0. The maximum absolute atomic E-state index is 9.74. The number of benzene rings is 1. The van der Waals surface area contributed by atoms with Crippen molar-refractivity contribution in [3.05, 3.63) is 50.7 Å². The Kier molecular flexibility index (Phi) is 4.80. The first kappa shape index (κ1) is 12.8. The molecule has 0 bridgehead atoms. The molecule has 0 amide bonds. The molecular weight excluding hydrogens is 224 g/mol. The Morgan fingerprint density at radius 1 is 1.24 bits per heavy atom. The Morgan fingerprint density at radius 2 is 2.00 bits per heavy atom. The van der Waals surface area contributed by atoms with Crippen LogP contribution in [0, 0.1) is 0 Å². The van der Waals surface area contributed by atoms with Gasteiger partial charge >= 0.3 is 0 Å². The fourth-order valence-corrected chi connectivity index (χ4v) is 1.26. The van der Waals surface area contributed by atoms with Gasteiger partial charge < -0.3 is 10.2 Å². The van der Waals surface area contributed by atoms with Crippen molar-refractivity contribution >= 4 is 5.69 Å². The molecule has 0 spiro atoms. The van der Waals surface area contributed by atoms with Gasteiger partial charge in [0, 0.05) is 15.5 Å². The van der Waals surface area contributed by atoms with Crippen molar-refractivity contribution < 1.29 is 10.2 Å². The van der Waals surface area contributed by atoms with Gasteiger partial charge in [0.1, 0.15) is 6.10 Å². The molecule has 0 fully saturated rings. The van der Waals surface area contributed by atoms with Gasteiger partial charge in [-0.1, -0.05) is 28.4 Å². The van der Waals surface area contributed by atoms with Crippen LogP contribution in [0.2, 0.25) is 0 Å². The minimum Gasteiger partial charge on any atom is -0.390 e. The Balaban J connectivity index is 2.87. The van der Waals surface area contributed by atoms with E-state index >= 15 is 0 Å². The topological polar surface area (TPSA) is 138 Å². The largest absolute Gasteiger partial charge is 0.390 e. The van der Waals surface area contributed by atoms with Crippen LogP contribution < -0.4 is 0 Å². The standard InChI is InChI=1S/C9H10N6O2/c10-14-12-5-8(16)9(17)6-2-1-3-7(4-6)13-15-11/h1-4,8-9,16-17H,5H2. The SMILES string of the molecule is [N-]=[N+]=NCC(O)C(O)c1cccc(N=[N+]=[N-])c1. The zero-order valence-electron chi connectivity index (χ0n) is 8.75. The van der Waals surface area contributed by atoms with Crippen molar-refractivity contribution in [2.45, 2.75) is 12.2 Å². The number of nitrogens with zero attached hydrogens (tertiary/aromatic N) is 6. The lowest BCUT2D eigenvalue weighted by Gasteiger charge is -2.16. The van der Waals surface area contributed by atoms with Crippen LogP contribution in [-0.2, 0) is 0 Å². The van der Waals surface area contributed by atoms with Crippen molar-refractivity contribution in [2.75, 3.05) is 6.54 Å². The highest BCUT2D eigenvalue weighted by atomic mass is 16.3. The normalized spacial score (nSPS) is 13.1. The third kappa shape index (κ3) is 3.67. The summed E-state index contributed by atoms with van der Waals surface area (Å²) in [5, 5.41) is 25.8. The maximum Gasteiger partial charge on any atom is 0.105 e. The first-order chi connectivity index (χ1) is 8.19. The van der Waals surface area contributed by atoms with E-state index in [9.17, 15) is 10.2 Å². The van der Waals surface area contributed by atoms with Crippen molar-refractivity contribution in [1.29, 1.82) is 0 Å². The van der Waals surface area contributed by atoms with E-state index in [1.807, 2.05) is 0 Å². The van der Waals surface area contributed by atoms with Crippen molar-refractivity contribution in [3.8, 4) is 0 Å². The Hall–Kier alpha value is -2.24. The van der Waals surface area contributed by atoms with Crippen molar-refractivity contribution in [3.63, 3.8) is 0 Å². The highest BCUT2D eigenvalue weighted by molar-refractivity contribution is 5.40. The van der Waals surface area contributed by atoms with Gasteiger partial charge in [-0.3, -0.25) is 0 Å². The highest BCUT2D eigenvalue weighted by Crippen LogP contribution is 2.22. The molecule has 17 heavy (non-hydrogen) atoms. The third-order valence-electron chi connectivity index (χ3n) is 2.07. The van der Waals surface area contributed by atoms with Crippen LogP contribution in [-0.4, -0.2) is 22.9 Å². The molecule has 8 heteroatoms. The molecule has 1 rings (SSSR count). The molecule has 0 heterocycles. The summed E-state index contributed by atoms with van der Waals surface area (Å²) in [6, 6.07) is 6.17. The summed E-state index contributed by atoms with van der Waals surface area (Å²) in [4.78, 5) is 5.10. The number of aliphatic hydroxyl groups is 2. The minimum atomic E-state index is -1.20. The van der Waals surface area contributed by atoms with Crippen LogP contribution in [0.25, 0.3) is 20.9 Å². The number of azide groups is 2. The molecule has 2 N–H and O–H groups in total. The molecule has 2 unspecified atom stereocenters. The zero-order chi connectivity index (χ0) is 12.7. The van der Waals surface area contributed by atoms with E-state index in [4.69, 9.17) is 11.1 Å². The summed E-state index contributed by atoms with van der Waals surface area (Å²) < 4.78 is 0. The molecule has 0 saturated carbocycles. The maximum atomic E-state index is 9.74. The third-order valence-corrected chi connectivity index (χ3v) is 2.07. The molecule has 0 aromatic heterocycles. The Labute approximate surface area is 96.4 Å². The lowest BCUT2D eigenvalue weighted by atomic mass is 10.0. The molecule has 0 aliphatic heterocycles. The van der Waals surface area contributed by atoms with E-state index in [2.05, 4.69) is 20.1 Å². The van der Waals surface area contributed by atoms with Crippen LogP contribution >= 0.6 is 0 Å². The van der Waals surface area contributed by atoms with Gasteiger partial charge in [0.25, 0.3) is 0 Å². The summed E-state index contributed by atoms with van der Waals surface area (Å²) in [7, 11) is 0. The lowest BCUT2D eigenvalue weighted by molar-refractivity contribution is 0.0244. The van der Waals surface area contributed by atoms with E-state index in [0.717, 1.165) is 0 Å². The van der Waals surface area contributed by atoms with Gasteiger partial charge in [-0.2, -0.15) is 0 Å². The first-order valence-electron chi connectivity index (χ1n) is 4.71. The predicted molar refractivity (Wildman–Crippen MR) is 60.2 cm³/mol. The average molecular weight is 234 g/mol. The molecule has 1 aromatic carbocycles. The molecule has 1 aromatic rings. The van der Waals surface area contributed by atoms with E-state index < -0.39 is 12.2 Å². The van der Waals surface area contributed by atoms with E-state index in [1.165, 1.54) is 6.07 Å². The molecule has 0 radical (unpaired) electrons. The van der Waals surface area contributed by atoms with Gasteiger partial charge in [-0.05, 0) is 22.7 Å². The molecule has 8 nitrogen and oxygen atoms in total. The van der Waals surface area contributed by atoms with E-state index in [-0.39, 0.29) is 6.54 Å². The smallest absolute Gasteiger partial charge is 0.105 e. The summed E-state index contributed by atoms with van der Waals surface area (Å²) in [5.74, 6) is 0. The summed E-state index contributed by atoms with van der Waals surface area (Å²) in [6.45, 7) is -0.233. The fourth-order valence-electron chi connectivity index (χ4n) is 1.26. The van der Waals surface area contributed by atoms with Gasteiger partial charge in [0.15, 0.2) is 0 Å². The van der Waals surface area contributed by atoms with Crippen molar-refractivity contribution in [1.82, 2.24) is 0 Å². The molecule has 0 saturated heterocycles. The lowest BCUT2D eigenvalue weighted by Crippen LogP contribution is -2.20. The van der Waals surface area contributed by atoms with Crippen LogP contribution in [0.5, 0.6) is 0 Å². The summed E-state index contributed by atoms with van der Waals surface area (Å²) in [5.41, 5.74) is 17.1. The molecule has 0 aliphatic rings. The van der Waals surface area contributed by atoms with Gasteiger partial charge in [0.2, 0.25) is 0 Å². The van der Waals surface area contributed by atoms with E-state index in [0.29, 0.717) is 11.3 Å². The Bertz CT molecular complexity index is 478. The number of rotatable bonds is 5. The number of hydrogen-bond donors (Lipinski definition) is 2. The molecule has 88 valence electrons. The van der Waals surface area contributed by atoms with Crippen LogP contribution in [0.15, 0.2) is 34.5 Å². The number of aliphatic hydroxyl groups excluding tert-OH is 2. The van der Waals surface area contributed by atoms with Gasteiger partial charge in [-0.25, -0.2) is 0 Å². The second-order valence-electron chi connectivity index (χ2n) is 3.21.